The van der Waals surface area contributed by atoms with Crippen LogP contribution < -0.4 is 15.4 Å². The van der Waals surface area contributed by atoms with Gasteiger partial charge in [0, 0.05) is 19.2 Å². The van der Waals surface area contributed by atoms with Crippen LogP contribution in [0.2, 0.25) is 0 Å². The summed E-state index contributed by atoms with van der Waals surface area (Å²) in [6.07, 6.45) is 3.35. The summed E-state index contributed by atoms with van der Waals surface area (Å²) in [5.41, 5.74) is 0.0901. The summed E-state index contributed by atoms with van der Waals surface area (Å²) in [6.45, 7) is 5.38. The van der Waals surface area contributed by atoms with Gasteiger partial charge in [0.2, 0.25) is 5.91 Å². The second-order valence-corrected chi connectivity index (χ2v) is 6.77. The monoisotopic (exact) mass is 378 g/mol. The lowest BCUT2D eigenvalue weighted by Crippen LogP contribution is -2.58. The fourth-order valence-corrected chi connectivity index (χ4v) is 2.80. The van der Waals surface area contributed by atoms with Crippen LogP contribution in [0.15, 0.2) is 53.8 Å². The summed E-state index contributed by atoms with van der Waals surface area (Å²) in [4.78, 5) is 0. The van der Waals surface area contributed by atoms with E-state index in [0.717, 1.165) is 5.75 Å². The van der Waals surface area contributed by atoms with Crippen molar-refractivity contribution in [3.05, 3.63) is 53.8 Å². The van der Waals surface area contributed by atoms with Crippen LogP contribution in [0.3, 0.4) is 0 Å². The lowest BCUT2D eigenvalue weighted by Gasteiger charge is -2.40. The van der Waals surface area contributed by atoms with E-state index in [9.17, 15) is 15.3 Å². The fraction of sp³-hybridized carbons (Fsp3) is 0.500. The molecule has 0 radical (unpaired) electrons. The molecule has 5 N–H and O–H groups in total. The normalized spacial score (nSPS) is 22.9. The Labute approximate surface area is 160 Å². The lowest BCUT2D eigenvalue weighted by atomic mass is 10.0. The number of ether oxygens (including phenoxy) is 2. The third kappa shape index (κ3) is 6.05. The SMILES string of the molecule is CCC(O)(NCC(C)Oc1ccccc1)OC1(C)C=C(CO)C(CO)=CN1. The van der Waals surface area contributed by atoms with E-state index in [0.29, 0.717) is 24.1 Å². The maximum Gasteiger partial charge on any atom is 0.227 e. The van der Waals surface area contributed by atoms with Crippen molar-refractivity contribution in [2.24, 2.45) is 0 Å². The second-order valence-electron chi connectivity index (χ2n) is 6.77. The Hall–Kier alpha value is -1.90. The Bertz CT molecular complexity index is 664. The minimum Gasteiger partial charge on any atom is -0.489 e. The van der Waals surface area contributed by atoms with E-state index in [1.807, 2.05) is 37.3 Å². The molecule has 2 rings (SSSR count). The van der Waals surface area contributed by atoms with Crippen LogP contribution in [0, 0.1) is 0 Å². The van der Waals surface area contributed by atoms with E-state index >= 15 is 0 Å². The number of aliphatic hydroxyl groups excluding tert-OH is 2. The summed E-state index contributed by atoms with van der Waals surface area (Å²) in [5.74, 6) is -0.844. The molecule has 1 heterocycles. The molecule has 0 aliphatic carbocycles. The summed E-state index contributed by atoms with van der Waals surface area (Å²) < 4.78 is 11.7. The lowest BCUT2D eigenvalue weighted by molar-refractivity contribution is -0.274. The number of aliphatic hydroxyl groups is 3. The van der Waals surface area contributed by atoms with Gasteiger partial charge in [-0.15, -0.1) is 0 Å². The van der Waals surface area contributed by atoms with Crippen molar-refractivity contribution in [3.63, 3.8) is 0 Å². The largest absolute Gasteiger partial charge is 0.489 e. The standard InChI is InChI=1S/C20H30N2O5/c1-4-20(25,22-11-15(2)26-18-8-6-5-7-9-18)27-19(3)10-16(13-23)17(14-24)12-21-19/h5-10,12,15,21-25H,4,11,13-14H2,1-3H3. The van der Waals surface area contributed by atoms with E-state index in [-0.39, 0.29) is 19.3 Å². The van der Waals surface area contributed by atoms with Crippen molar-refractivity contribution in [2.75, 3.05) is 19.8 Å². The first-order valence-corrected chi connectivity index (χ1v) is 9.13. The summed E-state index contributed by atoms with van der Waals surface area (Å²) in [6, 6.07) is 9.46. The first kappa shape index (κ1) is 21.4. The minimum absolute atomic E-state index is 0.189. The molecule has 1 aliphatic heterocycles. The number of hydrogen-bond donors (Lipinski definition) is 5. The summed E-state index contributed by atoms with van der Waals surface area (Å²) in [5, 5.41) is 35.7. The zero-order valence-corrected chi connectivity index (χ0v) is 16.1. The third-order valence-electron chi connectivity index (χ3n) is 4.34. The number of dihydropyridines is 1. The molecule has 3 unspecified atom stereocenters. The maximum atomic E-state index is 10.8. The van der Waals surface area contributed by atoms with Gasteiger partial charge in [-0.05, 0) is 43.2 Å². The van der Waals surface area contributed by atoms with Crippen LogP contribution in [0.4, 0.5) is 0 Å². The molecule has 27 heavy (non-hydrogen) atoms. The number of hydrogen-bond acceptors (Lipinski definition) is 7. The minimum atomic E-state index is -1.60. The zero-order valence-electron chi connectivity index (χ0n) is 16.1. The number of benzene rings is 1. The quantitative estimate of drug-likeness (QED) is 0.390. The van der Waals surface area contributed by atoms with E-state index in [2.05, 4.69) is 10.6 Å². The molecule has 1 aromatic rings. The van der Waals surface area contributed by atoms with Crippen LogP contribution in [0.1, 0.15) is 27.2 Å². The first-order chi connectivity index (χ1) is 12.8. The van der Waals surface area contributed by atoms with Crippen LogP contribution in [0.5, 0.6) is 5.75 Å². The predicted octanol–water partition coefficient (Wildman–Crippen LogP) is 1.23. The highest BCUT2D eigenvalue weighted by Crippen LogP contribution is 2.26. The average molecular weight is 378 g/mol. The highest BCUT2D eigenvalue weighted by molar-refractivity contribution is 5.37. The molecule has 3 atom stereocenters. The fourth-order valence-electron chi connectivity index (χ4n) is 2.80. The maximum absolute atomic E-state index is 10.8. The molecule has 1 aromatic carbocycles. The highest BCUT2D eigenvalue weighted by atomic mass is 16.7. The van der Waals surface area contributed by atoms with E-state index in [1.165, 1.54) is 0 Å². The highest BCUT2D eigenvalue weighted by Gasteiger charge is 2.37. The van der Waals surface area contributed by atoms with Gasteiger partial charge >= 0.3 is 0 Å². The Morgan fingerprint density at radius 3 is 2.44 bits per heavy atom. The van der Waals surface area contributed by atoms with Crippen LogP contribution in [-0.4, -0.2) is 52.8 Å². The molecule has 150 valence electrons. The van der Waals surface area contributed by atoms with Crippen molar-refractivity contribution < 1.29 is 24.8 Å². The van der Waals surface area contributed by atoms with Gasteiger partial charge < -0.3 is 30.1 Å². The third-order valence-corrected chi connectivity index (χ3v) is 4.34. The molecular weight excluding hydrogens is 348 g/mol. The number of rotatable bonds is 10. The molecule has 7 heteroatoms. The van der Waals surface area contributed by atoms with Crippen LogP contribution in [-0.2, 0) is 4.74 Å². The van der Waals surface area contributed by atoms with Gasteiger partial charge in [0.1, 0.15) is 11.9 Å². The van der Waals surface area contributed by atoms with Crippen molar-refractivity contribution in [1.29, 1.82) is 0 Å². The molecule has 0 aromatic heterocycles. The topological polar surface area (TPSA) is 103 Å². The average Bonchev–Trinajstić information content (AvgIpc) is 2.67. The molecule has 0 spiro atoms. The Morgan fingerprint density at radius 2 is 1.85 bits per heavy atom. The molecule has 0 saturated heterocycles. The molecule has 0 saturated carbocycles. The summed E-state index contributed by atoms with van der Waals surface area (Å²) >= 11 is 0. The molecule has 0 amide bonds. The number of para-hydroxylation sites is 1. The molecule has 7 nitrogen and oxygen atoms in total. The van der Waals surface area contributed by atoms with Crippen molar-refractivity contribution in [1.82, 2.24) is 10.6 Å². The second kappa shape index (κ2) is 9.34. The molecule has 0 fully saturated rings. The van der Waals surface area contributed by atoms with Gasteiger partial charge in [-0.1, -0.05) is 25.1 Å². The molecular formula is C20H30N2O5. The van der Waals surface area contributed by atoms with Crippen molar-refractivity contribution >= 4 is 0 Å². The smallest absolute Gasteiger partial charge is 0.227 e. The number of nitrogens with one attached hydrogen (secondary N) is 2. The van der Waals surface area contributed by atoms with Gasteiger partial charge in [0.15, 0.2) is 5.72 Å². The van der Waals surface area contributed by atoms with Gasteiger partial charge in [0.25, 0.3) is 0 Å². The van der Waals surface area contributed by atoms with Crippen molar-refractivity contribution in [2.45, 2.75) is 44.9 Å². The van der Waals surface area contributed by atoms with E-state index in [1.54, 1.807) is 26.1 Å². The van der Waals surface area contributed by atoms with Crippen LogP contribution >= 0.6 is 0 Å². The first-order valence-electron chi connectivity index (χ1n) is 9.13. The predicted molar refractivity (Wildman–Crippen MR) is 103 cm³/mol. The van der Waals surface area contributed by atoms with Gasteiger partial charge in [0.05, 0.1) is 13.2 Å². The van der Waals surface area contributed by atoms with E-state index < -0.39 is 11.6 Å². The Kier molecular flexibility index (Phi) is 7.41. The van der Waals surface area contributed by atoms with Gasteiger partial charge in [-0.3, -0.25) is 5.32 Å². The Balaban J connectivity index is 1.98. The van der Waals surface area contributed by atoms with Gasteiger partial charge in [-0.2, -0.15) is 0 Å². The molecule has 0 bridgehead atoms. The van der Waals surface area contributed by atoms with Crippen LogP contribution in [0.25, 0.3) is 0 Å². The van der Waals surface area contributed by atoms with Crippen molar-refractivity contribution in [3.8, 4) is 5.75 Å². The van der Waals surface area contributed by atoms with Gasteiger partial charge in [-0.25, -0.2) is 0 Å². The molecule has 1 aliphatic rings. The van der Waals surface area contributed by atoms with E-state index in [4.69, 9.17) is 9.47 Å². The summed E-state index contributed by atoms with van der Waals surface area (Å²) in [7, 11) is 0. The Morgan fingerprint density at radius 1 is 1.19 bits per heavy atom. The zero-order chi connectivity index (χ0) is 19.9.